The van der Waals surface area contributed by atoms with E-state index >= 15 is 0 Å². The van der Waals surface area contributed by atoms with E-state index in [1.807, 2.05) is 0 Å². The molecule has 1 aromatic carbocycles. The quantitative estimate of drug-likeness (QED) is 0.747. The zero-order chi connectivity index (χ0) is 21.1. The fourth-order valence-electron chi connectivity index (χ4n) is 3.90. The molecule has 1 aromatic rings. The highest BCUT2D eigenvalue weighted by atomic mass is 19.1. The summed E-state index contributed by atoms with van der Waals surface area (Å²) in [6.45, 7) is 2.72. The van der Waals surface area contributed by atoms with Crippen molar-refractivity contribution < 1.29 is 18.8 Å². The van der Waals surface area contributed by atoms with Gasteiger partial charge in [0.25, 0.3) is 0 Å². The molecule has 2 heterocycles. The number of carbonyl (C=O) groups is 3. The Balaban J connectivity index is 1.25. The molecule has 7 nitrogen and oxygen atoms in total. The van der Waals surface area contributed by atoms with E-state index in [1.165, 1.54) is 12.1 Å². The molecule has 0 saturated carbocycles. The largest absolute Gasteiger partial charge is 0.368 e. The number of amides is 4. The average Bonchev–Trinajstić information content (AvgIpc) is 2.76. The first-order chi connectivity index (χ1) is 14.5. The second kappa shape index (κ2) is 8.61. The van der Waals surface area contributed by atoms with Gasteiger partial charge in [0, 0.05) is 44.8 Å². The van der Waals surface area contributed by atoms with Gasteiger partial charge in [0.2, 0.25) is 11.8 Å². The molecule has 4 rings (SSSR count). The number of benzene rings is 1. The Bertz CT molecular complexity index is 930. The maximum Gasteiger partial charge on any atom is 0.350 e. The van der Waals surface area contributed by atoms with Crippen LogP contribution in [0.1, 0.15) is 12.8 Å². The van der Waals surface area contributed by atoms with Gasteiger partial charge in [-0.3, -0.25) is 14.5 Å². The third-order valence-electron chi connectivity index (χ3n) is 5.58. The molecule has 2 aliphatic heterocycles. The van der Waals surface area contributed by atoms with Crippen LogP contribution in [0.4, 0.5) is 14.9 Å². The van der Waals surface area contributed by atoms with Gasteiger partial charge in [0.05, 0.1) is 11.6 Å². The first-order valence-electron chi connectivity index (χ1n) is 10.1. The molecule has 1 fully saturated rings. The van der Waals surface area contributed by atoms with Crippen LogP contribution in [-0.2, 0) is 9.59 Å². The molecular weight excluding hydrogens is 387 g/mol. The smallest absolute Gasteiger partial charge is 0.350 e. The number of halogens is 1. The summed E-state index contributed by atoms with van der Waals surface area (Å²) in [5.74, 6) is -1.06. The number of hydrogen-bond donors (Lipinski definition) is 0. The third kappa shape index (κ3) is 4.17. The number of piperazine rings is 1. The minimum atomic E-state index is -0.563. The maximum absolute atomic E-state index is 13.1. The molecule has 0 N–H and O–H groups in total. The molecule has 1 unspecified atom stereocenters. The zero-order valence-corrected chi connectivity index (χ0v) is 16.5. The van der Waals surface area contributed by atoms with Crippen molar-refractivity contribution in [1.82, 2.24) is 9.80 Å². The van der Waals surface area contributed by atoms with Gasteiger partial charge < -0.3 is 9.80 Å². The number of fused-ring (bicyclic) bond motifs is 1. The van der Waals surface area contributed by atoms with Gasteiger partial charge in [0.15, 0.2) is 0 Å². The summed E-state index contributed by atoms with van der Waals surface area (Å²) in [4.78, 5) is 46.3. The second-order valence-electron chi connectivity index (χ2n) is 7.48. The number of aliphatic imine (C=N–C) groups is 1. The fraction of sp³-hybridized carbons (Fsp3) is 0.364. The molecule has 0 radical (unpaired) electrons. The van der Waals surface area contributed by atoms with Crippen molar-refractivity contribution in [3.8, 4) is 0 Å². The van der Waals surface area contributed by atoms with Gasteiger partial charge in [-0.2, -0.15) is 4.99 Å². The molecule has 4 amide bonds. The average molecular weight is 410 g/mol. The van der Waals surface area contributed by atoms with Crippen molar-refractivity contribution in [2.45, 2.75) is 12.8 Å². The Hall–Kier alpha value is -3.29. The minimum absolute atomic E-state index is 0.00958. The topological polar surface area (TPSA) is 73.3 Å². The molecule has 3 aliphatic rings. The number of allylic oxidation sites excluding steroid dienone is 3. The van der Waals surface area contributed by atoms with Crippen LogP contribution in [-0.4, -0.2) is 66.1 Å². The zero-order valence-electron chi connectivity index (χ0n) is 16.5. The van der Waals surface area contributed by atoms with E-state index in [9.17, 15) is 18.8 Å². The van der Waals surface area contributed by atoms with E-state index in [-0.39, 0.29) is 30.6 Å². The molecule has 8 heteroatoms. The van der Waals surface area contributed by atoms with Crippen LogP contribution >= 0.6 is 0 Å². The highest BCUT2D eigenvalue weighted by molar-refractivity contribution is 6.21. The number of rotatable bonds is 5. The van der Waals surface area contributed by atoms with Crippen LogP contribution in [0.2, 0.25) is 0 Å². The molecule has 1 saturated heterocycles. The van der Waals surface area contributed by atoms with Crippen molar-refractivity contribution in [2.75, 3.05) is 37.6 Å². The van der Waals surface area contributed by atoms with Gasteiger partial charge in [-0.15, -0.1) is 0 Å². The predicted octanol–water partition coefficient (Wildman–Crippen LogP) is 2.40. The third-order valence-corrected chi connectivity index (χ3v) is 5.58. The summed E-state index contributed by atoms with van der Waals surface area (Å²) in [6, 6.07) is 5.78. The Kier molecular flexibility index (Phi) is 5.74. The van der Waals surface area contributed by atoms with Gasteiger partial charge in [-0.25, -0.2) is 9.18 Å². The minimum Gasteiger partial charge on any atom is -0.368 e. The molecule has 156 valence electrons. The maximum atomic E-state index is 13.1. The van der Waals surface area contributed by atoms with Crippen LogP contribution in [0, 0.1) is 11.7 Å². The summed E-state index contributed by atoms with van der Waals surface area (Å²) in [5, 5.41) is 0. The molecular formula is C22H23FN4O3. The number of anilines is 1. The molecule has 1 aliphatic carbocycles. The van der Waals surface area contributed by atoms with Crippen molar-refractivity contribution in [1.29, 1.82) is 0 Å². The monoisotopic (exact) mass is 410 g/mol. The van der Waals surface area contributed by atoms with E-state index < -0.39 is 11.9 Å². The number of hydrogen-bond acceptors (Lipinski definition) is 4. The summed E-state index contributed by atoms with van der Waals surface area (Å²) >= 11 is 0. The number of nitrogens with zero attached hydrogens (tertiary/aromatic N) is 4. The van der Waals surface area contributed by atoms with E-state index in [0.717, 1.165) is 10.6 Å². The summed E-state index contributed by atoms with van der Waals surface area (Å²) in [6.07, 6.45) is 7.60. The predicted molar refractivity (Wildman–Crippen MR) is 111 cm³/mol. The lowest BCUT2D eigenvalue weighted by atomic mass is 9.95. The van der Waals surface area contributed by atoms with Gasteiger partial charge in [0.1, 0.15) is 5.82 Å². The first-order valence-corrected chi connectivity index (χ1v) is 10.1. The highest BCUT2D eigenvalue weighted by Gasteiger charge is 2.35. The summed E-state index contributed by atoms with van der Waals surface area (Å²) < 4.78 is 13.1. The van der Waals surface area contributed by atoms with Crippen molar-refractivity contribution in [3.63, 3.8) is 0 Å². The number of imide groups is 1. The Morgan fingerprint density at radius 1 is 1.07 bits per heavy atom. The van der Waals surface area contributed by atoms with E-state index in [4.69, 9.17) is 0 Å². The lowest BCUT2D eigenvalue weighted by Crippen LogP contribution is -2.49. The summed E-state index contributed by atoms with van der Waals surface area (Å²) in [7, 11) is 0. The summed E-state index contributed by atoms with van der Waals surface area (Å²) in [5.41, 5.74) is 1.41. The van der Waals surface area contributed by atoms with E-state index in [2.05, 4.69) is 9.89 Å². The Morgan fingerprint density at radius 3 is 2.53 bits per heavy atom. The van der Waals surface area contributed by atoms with E-state index in [1.54, 1.807) is 41.3 Å². The van der Waals surface area contributed by atoms with Crippen LogP contribution in [0.5, 0.6) is 0 Å². The van der Waals surface area contributed by atoms with Gasteiger partial charge in [-0.1, -0.05) is 18.2 Å². The normalized spacial score (nSPS) is 21.0. The van der Waals surface area contributed by atoms with Crippen LogP contribution < -0.4 is 4.90 Å². The Labute approximate surface area is 174 Å². The van der Waals surface area contributed by atoms with Crippen LogP contribution in [0.25, 0.3) is 0 Å². The molecule has 0 aromatic heterocycles. The first kappa shape index (κ1) is 20.0. The van der Waals surface area contributed by atoms with Crippen molar-refractivity contribution in [2.24, 2.45) is 10.9 Å². The second-order valence-corrected chi connectivity index (χ2v) is 7.48. The number of carbonyl (C=O) groups excluding carboxylic acids is 3. The van der Waals surface area contributed by atoms with Crippen LogP contribution in [0.3, 0.4) is 0 Å². The van der Waals surface area contributed by atoms with Gasteiger partial charge >= 0.3 is 6.03 Å². The molecule has 30 heavy (non-hydrogen) atoms. The van der Waals surface area contributed by atoms with Crippen molar-refractivity contribution >= 4 is 29.2 Å². The standard InChI is InChI=1S/C22H23FN4O3/c23-16-7-9-17(10-8-16)25-12-14-26(15-13-25)20(28)6-3-11-27-21(29)18-4-1-2-5-19(18)24-22(27)30/h1-2,4-5,7-10,18H,3,6,11-15H2. The lowest BCUT2D eigenvalue weighted by Gasteiger charge is -2.36. The van der Waals surface area contributed by atoms with E-state index in [0.29, 0.717) is 38.3 Å². The number of urea groups is 1. The van der Waals surface area contributed by atoms with Gasteiger partial charge in [-0.05, 0) is 36.8 Å². The lowest BCUT2D eigenvalue weighted by molar-refractivity contribution is -0.133. The molecule has 0 spiro atoms. The molecule has 1 atom stereocenters. The Morgan fingerprint density at radius 2 is 1.80 bits per heavy atom. The molecule has 0 bridgehead atoms. The SMILES string of the molecule is O=C(CCCN1C(=O)N=C2C=CC=CC2C1=O)N1CCN(c2ccc(F)cc2)CC1. The highest BCUT2D eigenvalue weighted by Crippen LogP contribution is 2.21. The van der Waals surface area contributed by atoms with Crippen LogP contribution in [0.15, 0.2) is 53.6 Å². The fourth-order valence-corrected chi connectivity index (χ4v) is 3.90. The van der Waals surface area contributed by atoms with Crippen molar-refractivity contribution in [3.05, 3.63) is 54.4 Å².